The van der Waals surface area contributed by atoms with E-state index in [2.05, 4.69) is 4.40 Å². The van der Waals surface area contributed by atoms with Gasteiger partial charge in [-0.05, 0) is 43.0 Å². The third-order valence-corrected chi connectivity index (χ3v) is 8.18. The molecule has 144 valence electrons. The monoisotopic (exact) mass is 431 g/mol. The number of sulfonamides is 1. The van der Waals surface area contributed by atoms with Crippen molar-refractivity contribution in [2.24, 2.45) is 4.40 Å². The second kappa shape index (κ2) is 7.31. The fraction of sp³-hybridized carbons (Fsp3) is 0.158. The molecule has 6 nitrogen and oxygen atoms in total. The summed E-state index contributed by atoms with van der Waals surface area (Å²) >= 11 is 2.62. The first-order chi connectivity index (χ1) is 13.4. The molecular formula is C19H17N3O3S3. The standard InChI is InChI=1S/C19H17N3O3S3/c1-3-22-17(23)16(18-21(2)14-11-7-8-12-15(14)26-18)27-19(22)20-28(24,25)13-9-5-4-6-10-13/h4-12H,3H2,1-2H3. The predicted molar refractivity (Wildman–Crippen MR) is 114 cm³/mol. The average Bonchev–Trinajstić information content (AvgIpc) is 3.19. The van der Waals surface area contributed by atoms with Gasteiger partial charge >= 0.3 is 0 Å². The van der Waals surface area contributed by atoms with E-state index >= 15 is 0 Å². The molecule has 2 heterocycles. The molecule has 1 saturated heterocycles. The average molecular weight is 432 g/mol. The van der Waals surface area contributed by atoms with E-state index in [4.69, 9.17) is 0 Å². The fourth-order valence-electron chi connectivity index (χ4n) is 2.93. The Balaban J connectivity index is 1.74. The number of carbonyl (C=O) groups excluding carboxylic acids is 1. The molecule has 0 spiro atoms. The van der Waals surface area contributed by atoms with Crippen molar-refractivity contribution >= 4 is 50.3 Å². The summed E-state index contributed by atoms with van der Waals surface area (Å²) in [6.45, 7) is 2.14. The molecule has 0 N–H and O–H groups in total. The van der Waals surface area contributed by atoms with Crippen molar-refractivity contribution in [3.8, 4) is 0 Å². The first-order valence-electron chi connectivity index (χ1n) is 8.57. The minimum atomic E-state index is -3.89. The lowest BCUT2D eigenvalue weighted by Gasteiger charge is -2.15. The number of thioether (sulfide) groups is 2. The van der Waals surface area contributed by atoms with Crippen LogP contribution in [0.4, 0.5) is 5.69 Å². The van der Waals surface area contributed by atoms with Crippen LogP contribution in [0.15, 0.2) is 78.7 Å². The van der Waals surface area contributed by atoms with Crippen LogP contribution in [-0.4, -0.2) is 38.0 Å². The number of hydrogen-bond acceptors (Lipinski definition) is 6. The number of rotatable bonds is 3. The molecule has 1 fully saturated rings. The highest BCUT2D eigenvalue weighted by atomic mass is 32.2. The molecule has 0 aliphatic carbocycles. The van der Waals surface area contributed by atoms with Crippen molar-refractivity contribution in [3.63, 3.8) is 0 Å². The van der Waals surface area contributed by atoms with E-state index in [-0.39, 0.29) is 16.0 Å². The Bertz CT molecular complexity index is 1110. The second-order valence-corrected chi connectivity index (χ2v) is 9.69. The van der Waals surface area contributed by atoms with Gasteiger partial charge in [0.15, 0.2) is 5.17 Å². The van der Waals surface area contributed by atoms with E-state index in [0.29, 0.717) is 11.4 Å². The maximum absolute atomic E-state index is 13.0. The lowest BCUT2D eigenvalue weighted by atomic mass is 10.3. The lowest BCUT2D eigenvalue weighted by Crippen LogP contribution is -2.30. The normalized spacial score (nSPS) is 20.9. The quantitative estimate of drug-likeness (QED) is 0.690. The fourth-order valence-corrected chi connectivity index (χ4v) is 6.54. The number of amidine groups is 1. The van der Waals surface area contributed by atoms with Crippen molar-refractivity contribution in [1.82, 2.24) is 4.90 Å². The zero-order chi connectivity index (χ0) is 19.9. The third-order valence-electron chi connectivity index (χ3n) is 4.35. The van der Waals surface area contributed by atoms with E-state index in [1.165, 1.54) is 28.8 Å². The van der Waals surface area contributed by atoms with Crippen molar-refractivity contribution in [3.05, 3.63) is 64.5 Å². The molecule has 0 bridgehead atoms. The number of para-hydroxylation sites is 1. The number of hydrogen-bond donors (Lipinski definition) is 0. The van der Waals surface area contributed by atoms with Gasteiger partial charge in [-0.1, -0.05) is 42.1 Å². The summed E-state index contributed by atoms with van der Waals surface area (Å²) in [5, 5.41) is 0.973. The number of amides is 1. The van der Waals surface area contributed by atoms with Crippen LogP contribution in [0.2, 0.25) is 0 Å². The van der Waals surface area contributed by atoms with Crippen LogP contribution in [0.5, 0.6) is 0 Å². The van der Waals surface area contributed by atoms with Crippen LogP contribution in [0, 0.1) is 0 Å². The Labute approximate surface area is 172 Å². The molecule has 2 aliphatic rings. The summed E-state index contributed by atoms with van der Waals surface area (Å²) < 4.78 is 29.3. The van der Waals surface area contributed by atoms with Gasteiger partial charge in [-0.2, -0.15) is 8.42 Å². The van der Waals surface area contributed by atoms with Gasteiger partial charge in [0.1, 0.15) is 4.91 Å². The molecule has 1 amide bonds. The van der Waals surface area contributed by atoms with Gasteiger partial charge in [-0.3, -0.25) is 9.69 Å². The predicted octanol–water partition coefficient (Wildman–Crippen LogP) is 3.74. The molecule has 9 heteroatoms. The third kappa shape index (κ3) is 3.23. The van der Waals surface area contributed by atoms with E-state index in [1.807, 2.05) is 36.2 Å². The van der Waals surface area contributed by atoms with Crippen LogP contribution >= 0.6 is 23.5 Å². The first kappa shape index (κ1) is 19.1. The number of carbonyl (C=O) groups is 1. The number of nitrogens with zero attached hydrogens (tertiary/aromatic N) is 3. The Kier molecular flexibility index (Phi) is 4.98. The van der Waals surface area contributed by atoms with Gasteiger partial charge < -0.3 is 4.90 Å². The van der Waals surface area contributed by atoms with Crippen molar-refractivity contribution in [2.75, 3.05) is 18.5 Å². The summed E-state index contributed by atoms with van der Waals surface area (Å²) in [6, 6.07) is 15.9. The molecule has 28 heavy (non-hydrogen) atoms. The zero-order valence-corrected chi connectivity index (χ0v) is 17.6. The van der Waals surface area contributed by atoms with Gasteiger partial charge in [0, 0.05) is 18.5 Å². The van der Waals surface area contributed by atoms with Crippen LogP contribution in [0.3, 0.4) is 0 Å². The van der Waals surface area contributed by atoms with Crippen molar-refractivity contribution < 1.29 is 13.2 Å². The van der Waals surface area contributed by atoms with Gasteiger partial charge in [-0.15, -0.1) is 4.40 Å². The molecule has 0 aromatic heterocycles. The molecule has 2 aliphatic heterocycles. The minimum absolute atomic E-state index is 0.104. The molecule has 0 atom stereocenters. The van der Waals surface area contributed by atoms with Crippen LogP contribution in [0.1, 0.15) is 6.92 Å². The molecule has 4 rings (SSSR count). The van der Waals surface area contributed by atoms with E-state index in [0.717, 1.165) is 27.4 Å². The molecule has 0 saturated carbocycles. The Morgan fingerprint density at radius 2 is 1.68 bits per heavy atom. The Hall–Kier alpha value is -2.23. The smallest absolute Gasteiger partial charge is 0.284 e. The largest absolute Gasteiger partial charge is 0.337 e. The minimum Gasteiger partial charge on any atom is -0.337 e. The maximum atomic E-state index is 13.0. The van der Waals surface area contributed by atoms with Gasteiger partial charge in [-0.25, -0.2) is 0 Å². The van der Waals surface area contributed by atoms with Crippen LogP contribution < -0.4 is 4.90 Å². The number of anilines is 1. The van der Waals surface area contributed by atoms with Crippen molar-refractivity contribution in [2.45, 2.75) is 16.7 Å². The van der Waals surface area contributed by atoms with E-state index in [9.17, 15) is 13.2 Å². The molecule has 0 radical (unpaired) electrons. The summed E-state index contributed by atoms with van der Waals surface area (Å²) in [5.41, 5.74) is 1.02. The van der Waals surface area contributed by atoms with Gasteiger partial charge in [0.25, 0.3) is 15.9 Å². The summed E-state index contributed by atoms with van der Waals surface area (Å²) in [5.74, 6) is -0.225. The summed E-state index contributed by atoms with van der Waals surface area (Å²) in [7, 11) is -1.99. The Morgan fingerprint density at radius 1 is 1.00 bits per heavy atom. The molecular weight excluding hydrogens is 414 g/mol. The SMILES string of the molecule is CCN1C(=O)C(=C2Sc3ccccc3N2C)SC1=NS(=O)(=O)c1ccccc1. The number of benzene rings is 2. The maximum Gasteiger partial charge on any atom is 0.284 e. The summed E-state index contributed by atoms with van der Waals surface area (Å²) in [6.07, 6.45) is 0. The number of fused-ring (bicyclic) bond motifs is 1. The molecule has 0 unspecified atom stereocenters. The van der Waals surface area contributed by atoms with Crippen molar-refractivity contribution in [1.29, 1.82) is 0 Å². The van der Waals surface area contributed by atoms with E-state index in [1.54, 1.807) is 25.1 Å². The topological polar surface area (TPSA) is 70.1 Å². The Morgan fingerprint density at radius 3 is 2.36 bits per heavy atom. The van der Waals surface area contributed by atoms with Gasteiger partial charge in [0.05, 0.1) is 15.6 Å². The molecule has 2 aromatic rings. The van der Waals surface area contributed by atoms with Gasteiger partial charge in [0.2, 0.25) is 0 Å². The lowest BCUT2D eigenvalue weighted by molar-refractivity contribution is -0.122. The van der Waals surface area contributed by atoms with E-state index < -0.39 is 10.0 Å². The highest BCUT2D eigenvalue weighted by molar-refractivity contribution is 8.19. The highest BCUT2D eigenvalue weighted by Gasteiger charge is 2.39. The first-order valence-corrected chi connectivity index (χ1v) is 11.6. The number of likely N-dealkylation sites (N-methyl/N-ethyl adjacent to an activating group) is 1. The zero-order valence-electron chi connectivity index (χ0n) is 15.2. The highest BCUT2D eigenvalue weighted by Crippen LogP contribution is 2.49. The second-order valence-electron chi connectivity index (χ2n) is 6.08. The summed E-state index contributed by atoms with van der Waals surface area (Å²) in [4.78, 5) is 18.0. The van der Waals surface area contributed by atoms with Crippen LogP contribution in [-0.2, 0) is 14.8 Å². The molecule has 2 aromatic carbocycles. The van der Waals surface area contributed by atoms with Crippen LogP contribution in [0.25, 0.3) is 0 Å².